The van der Waals surface area contributed by atoms with E-state index < -0.39 is 0 Å². The molecular formula is C11H15NO. The summed E-state index contributed by atoms with van der Waals surface area (Å²) in [6, 6.07) is 10.1. The van der Waals surface area contributed by atoms with Crippen LogP contribution >= 0.6 is 0 Å². The number of carbonyl (C=O) groups excluding carboxylic acids is 1. The highest BCUT2D eigenvalue weighted by molar-refractivity contribution is 5.80. The maximum absolute atomic E-state index is 11.2. The van der Waals surface area contributed by atoms with E-state index in [2.05, 4.69) is 5.32 Å². The standard InChI is InChI=1S/C11H15NO/c1-12-9-11(13)8-7-10-5-3-2-4-6-10/h2-6,12H,7-9H2,1H3. The van der Waals surface area contributed by atoms with E-state index in [4.69, 9.17) is 0 Å². The summed E-state index contributed by atoms with van der Waals surface area (Å²) in [6.45, 7) is 0.479. The summed E-state index contributed by atoms with van der Waals surface area (Å²) in [5.74, 6) is 0.270. The molecule has 0 aromatic heterocycles. The molecule has 0 amide bonds. The van der Waals surface area contributed by atoms with Gasteiger partial charge in [0.15, 0.2) is 0 Å². The van der Waals surface area contributed by atoms with Gasteiger partial charge in [-0.05, 0) is 19.0 Å². The van der Waals surface area contributed by atoms with Crippen LogP contribution < -0.4 is 5.32 Å². The number of likely N-dealkylation sites (N-methyl/N-ethyl adjacent to an activating group) is 1. The normalized spacial score (nSPS) is 9.92. The van der Waals surface area contributed by atoms with Crippen molar-refractivity contribution in [3.05, 3.63) is 35.9 Å². The van der Waals surface area contributed by atoms with Gasteiger partial charge in [-0.25, -0.2) is 0 Å². The molecule has 0 aliphatic carbocycles. The lowest BCUT2D eigenvalue weighted by molar-refractivity contribution is -0.118. The molecule has 0 aliphatic heterocycles. The van der Waals surface area contributed by atoms with Crippen LogP contribution in [0.3, 0.4) is 0 Å². The number of rotatable bonds is 5. The van der Waals surface area contributed by atoms with Crippen molar-refractivity contribution in [2.45, 2.75) is 12.8 Å². The van der Waals surface area contributed by atoms with Crippen LogP contribution in [0.2, 0.25) is 0 Å². The minimum atomic E-state index is 0.270. The second-order valence-corrected chi connectivity index (χ2v) is 3.05. The van der Waals surface area contributed by atoms with Gasteiger partial charge in [0.05, 0.1) is 6.54 Å². The number of ketones is 1. The fourth-order valence-corrected chi connectivity index (χ4v) is 1.21. The van der Waals surface area contributed by atoms with Gasteiger partial charge < -0.3 is 5.32 Å². The summed E-state index contributed by atoms with van der Waals surface area (Å²) in [7, 11) is 1.79. The molecule has 70 valence electrons. The van der Waals surface area contributed by atoms with E-state index in [1.54, 1.807) is 7.05 Å². The third kappa shape index (κ3) is 3.85. The van der Waals surface area contributed by atoms with Crippen LogP contribution in [0, 0.1) is 0 Å². The van der Waals surface area contributed by atoms with Crippen molar-refractivity contribution < 1.29 is 4.79 Å². The summed E-state index contributed by atoms with van der Waals surface area (Å²) >= 11 is 0. The van der Waals surface area contributed by atoms with E-state index in [0.29, 0.717) is 13.0 Å². The molecule has 0 unspecified atom stereocenters. The number of hydrogen-bond donors (Lipinski definition) is 1. The predicted molar refractivity (Wildman–Crippen MR) is 53.7 cm³/mol. The quantitative estimate of drug-likeness (QED) is 0.736. The topological polar surface area (TPSA) is 29.1 Å². The molecule has 1 N–H and O–H groups in total. The Bertz CT molecular complexity index is 256. The van der Waals surface area contributed by atoms with Crippen molar-refractivity contribution >= 4 is 5.78 Å². The molecule has 0 spiro atoms. The molecule has 0 bridgehead atoms. The zero-order valence-corrected chi connectivity index (χ0v) is 7.92. The molecule has 2 heteroatoms. The monoisotopic (exact) mass is 177 g/mol. The van der Waals surface area contributed by atoms with Gasteiger partial charge in [0.1, 0.15) is 5.78 Å². The third-order valence-corrected chi connectivity index (χ3v) is 1.91. The van der Waals surface area contributed by atoms with Crippen LogP contribution in [0.1, 0.15) is 12.0 Å². The first-order chi connectivity index (χ1) is 6.33. The van der Waals surface area contributed by atoms with Crippen molar-refractivity contribution in [2.24, 2.45) is 0 Å². The van der Waals surface area contributed by atoms with E-state index in [9.17, 15) is 4.79 Å². The fraction of sp³-hybridized carbons (Fsp3) is 0.364. The predicted octanol–water partition coefficient (Wildman–Crippen LogP) is 1.41. The van der Waals surface area contributed by atoms with Gasteiger partial charge in [0, 0.05) is 6.42 Å². The van der Waals surface area contributed by atoms with E-state index in [1.807, 2.05) is 30.3 Å². The van der Waals surface area contributed by atoms with Gasteiger partial charge >= 0.3 is 0 Å². The average molecular weight is 177 g/mol. The number of aryl methyl sites for hydroxylation is 1. The number of carbonyl (C=O) groups is 1. The van der Waals surface area contributed by atoms with E-state index >= 15 is 0 Å². The summed E-state index contributed by atoms with van der Waals surface area (Å²) in [6.07, 6.45) is 1.48. The van der Waals surface area contributed by atoms with Crippen LogP contribution in [-0.4, -0.2) is 19.4 Å². The first-order valence-electron chi connectivity index (χ1n) is 4.53. The van der Waals surface area contributed by atoms with Crippen LogP contribution in [0.25, 0.3) is 0 Å². The van der Waals surface area contributed by atoms with Crippen molar-refractivity contribution in [2.75, 3.05) is 13.6 Å². The van der Waals surface area contributed by atoms with Crippen LogP contribution in [-0.2, 0) is 11.2 Å². The number of hydrogen-bond acceptors (Lipinski definition) is 2. The molecule has 1 aromatic rings. The van der Waals surface area contributed by atoms with Gasteiger partial charge in [-0.15, -0.1) is 0 Å². The average Bonchev–Trinajstić information content (AvgIpc) is 2.17. The van der Waals surface area contributed by atoms with Gasteiger partial charge in [-0.1, -0.05) is 30.3 Å². The summed E-state index contributed by atoms with van der Waals surface area (Å²) < 4.78 is 0. The number of benzene rings is 1. The zero-order chi connectivity index (χ0) is 9.52. The van der Waals surface area contributed by atoms with E-state index in [-0.39, 0.29) is 5.78 Å². The second-order valence-electron chi connectivity index (χ2n) is 3.05. The Morgan fingerprint density at radius 2 is 2.00 bits per heavy atom. The van der Waals surface area contributed by atoms with E-state index in [0.717, 1.165) is 6.42 Å². The van der Waals surface area contributed by atoms with Crippen LogP contribution in [0.4, 0.5) is 0 Å². The fourth-order valence-electron chi connectivity index (χ4n) is 1.21. The van der Waals surface area contributed by atoms with Crippen molar-refractivity contribution in [1.82, 2.24) is 5.32 Å². The molecule has 2 nitrogen and oxygen atoms in total. The zero-order valence-electron chi connectivity index (χ0n) is 7.92. The largest absolute Gasteiger partial charge is 0.313 e. The third-order valence-electron chi connectivity index (χ3n) is 1.91. The lowest BCUT2D eigenvalue weighted by atomic mass is 10.1. The highest BCUT2D eigenvalue weighted by atomic mass is 16.1. The summed E-state index contributed by atoms with van der Waals surface area (Å²) in [5.41, 5.74) is 1.23. The minimum Gasteiger partial charge on any atom is -0.313 e. The summed E-state index contributed by atoms with van der Waals surface area (Å²) in [5, 5.41) is 2.85. The first-order valence-corrected chi connectivity index (χ1v) is 4.53. The molecule has 0 fully saturated rings. The Morgan fingerprint density at radius 1 is 1.31 bits per heavy atom. The van der Waals surface area contributed by atoms with Crippen molar-refractivity contribution in [3.63, 3.8) is 0 Å². The minimum absolute atomic E-state index is 0.270. The maximum Gasteiger partial charge on any atom is 0.146 e. The molecule has 0 saturated carbocycles. The SMILES string of the molecule is CNCC(=O)CCc1ccccc1. The van der Waals surface area contributed by atoms with Crippen LogP contribution in [0.5, 0.6) is 0 Å². The lowest BCUT2D eigenvalue weighted by Gasteiger charge is -2.00. The Hall–Kier alpha value is -1.15. The molecule has 0 saturated heterocycles. The highest BCUT2D eigenvalue weighted by Crippen LogP contribution is 2.02. The number of nitrogens with one attached hydrogen (secondary N) is 1. The smallest absolute Gasteiger partial charge is 0.146 e. The Labute approximate surface area is 79.0 Å². The Morgan fingerprint density at radius 3 is 2.62 bits per heavy atom. The van der Waals surface area contributed by atoms with Gasteiger partial charge in [-0.3, -0.25) is 4.79 Å². The molecular weight excluding hydrogens is 162 g/mol. The first kappa shape index (κ1) is 9.93. The van der Waals surface area contributed by atoms with E-state index in [1.165, 1.54) is 5.56 Å². The lowest BCUT2D eigenvalue weighted by Crippen LogP contribution is -2.18. The second kappa shape index (κ2) is 5.49. The van der Waals surface area contributed by atoms with Crippen molar-refractivity contribution in [3.8, 4) is 0 Å². The Balaban J connectivity index is 2.31. The highest BCUT2D eigenvalue weighted by Gasteiger charge is 1.99. The maximum atomic E-state index is 11.2. The molecule has 0 aliphatic rings. The molecule has 0 heterocycles. The molecule has 0 atom stereocenters. The number of Topliss-reactive ketones (excluding diaryl/α,β-unsaturated/α-hetero) is 1. The molecule has 1 aromatic carbocycles. The Kier molecular flexibility index (Phi) is 4.19. The summed E-state index contributed by atoms with van der Waals surface area (Å²) in [4.78, 5) is 11.2. The molecule has 13 heavy (non-hydrogen) atoms. The molecule has 0 radical (unpaired) electrons. The molecule has 1 rings (SSSR count). The van der Waals surface area contributed by atoms with Gasteiger partial charge in [0.2, 0.25) is 0 Å². The van der Waals surface area contributed by atoms with Gasteiger partial charge in [0.25, 0.3) is 0 Å². The van der Waals surface area contributed by atoms with Crippen LogP contribution in [0.15, 0.2) is 30.3 Å². The van der Waals surface area contributed by atoms with Gasteiger partial charge in [-0.2, -0.15) is 0 Å². The van der Waals surface area contributed by atoms with Crippen molar-refractivity contribution in [1.29, 1.82) is 0 Å².